The second-order valence-corrected chi connectivity index (χ2v) is 5.69. The Labute approximate surface area is 146 Å². The highest BCUT2D eigenvalue weighted by Crippen LogP contribution is 2.33. The molecule has 1 aliphatic rings. The lowest BCUT2D eigenvalue weighted by Crippen LogP contribution is -2.30. The number of nitrogens with zero attached hydrogens (tertiary/aromatic N) is 2. The monoisotopic (exact) mass is 360 g/mol. The van der Waals surface area contributed by atoms with Crippen LogP contribution >= 0.6 is 11.6 Å². The lowest BCUT2D eigenvalue weighted by Gasteiger charge is -2.14. The predicted octanol–water partition coefficient (Wildman–Crippen LogP) is 3.25. The van der Waals surface area contributed by atoms with Gasteiger partial charge >= 0.3 is 0 Å². The fraction of sp³-hybridized carbons (Fsp3) is 0.0588. The van der Waals surface area contributed by atoms with Gasteiger partial charge in [0.25, 0.3) is 17.5 Å². The normalized spacial score (nSPS) is 14.4. The first-order valence-corrected chi connectivity index (χ1v) is 7.51. The SMILES string of the molecule is O=C1C(Cl)=C(c2ccc([N+](=O)[O-])cc2)C(=O)N1Cc1ccc(F)cc1. The van der Waals surface area contributed by atoms with E-state index in [9.17, 15) is 24.1 Å². The molecule has 8 heteroatoms. The van der Waals surface area contributed by atoms with Crippen molar-refractivity contribution in [2.24, 2.45) is 0 Å². The molecule has 2 amide bonds. The van der Waals surface area contributed by atoms with Gasteiger partial charge in [-0.25, -0.2) is 4.39 Å². The van der Waals surface area contributed by atoms with Gasteiger partial charge in [-0.2, -0.15) is 0 Å². The third-order valence-corrected chi connectivity index (χ3v) is 4.08. The van der Waals surface area contributed by atoms with Crippen LogP contribution in [0.25, 0.3) is 5.57 Å². The van der Waals surface area contributed by atoms with E-state index >= 15 is 0 Å². The van der Waals surface area contributed by atoms with Gasteiger partial charge < -0.3 is 0 Å². The summed E-state index contributed by atoms with van der Waals surface area (Å²) in [5, 5.41) is 10.5. The molecule has 0 radical (unpaired) electrons. The van der Waals surface area contributed by atoms with E-state index in [0.29, 0.717) is 11.1 Å². The van der Waals surface area contributed by atoms with Crippen LogP contribution in [-0.4, -0.2) is 21.6 Å². The van der Waals surface area contributed by atoms with Crippen LogP contribution in [0.3, 0.4) is 0 Å². The molecule has 0 bridgehead atoms. The van der Waals surface area contributed by atoms with Crippen molar-refractivity contribution < 1.29 is 18.9 Å². The number of nitro benzene ring substituents is 1. The fourth-order valence-corrected chi connectivity index (χ4v) is 2.75. The highest BCUT2D eigenvalue weighted by atomic mass is 35.5. The molecule has 3 rings (SSSR count). The Morgan fingerprint density at radius 3 is 2.16 bits per heavy atom. The van der Waals surface area contributed by atoms with Gasteiger partial charge in [-0.3, -0.25) is 24.6 Å². The highest BCUT2D eigenvalue weighted by Gasteiger charge is 2.38. The third kappa shape index (κ3) is 3.14. The summed E-state index contributed by atoms with van der Waals surface area (Å²) in [6.45, 7) is -0.0509. The summed E-state index contributed by atoms with van der Waals surface area (Å²) >= 11 is 6.02. The molecule has 0 fully saturated rings. The molecule has 0 saturated carbocycles. The maximum absolute atomic E-state index is 13.0. The van der Waals surface area contributed by atoms with Gasteiger partial charge in [-0.1, -0.05) is 23.7 Å². The zero-order valence-corrected chi connectivity index (χ0v) is 13.4. The van der Waals surface area contributed by atoms with Crippen molar-refractivity contribution in [2.45, 2.75) is 6.54 Å². The molecule has 1 aliphatic heterocycles. The Kier molecular flexibility index (Phi) is 4.33. The zero-order chi connectivity index (χ0) is 18.1. The molecule has 0 atom stereocenters. The highest BCUT2D eigenvalue weighted by molar-refractivity contribution is 6.55. The van der Waals surface area contributed by atoms with Crippen molar-refractivity contribution in [1.82, 2.24) is 4.90 Å². The van der Waals surface area contributed by atoms with Crippen molar-refractivity contribution in [3.63, 3.8) is 0 Å². The lowest BCUT2D eigenvalue weighted by molar-refractivity contribution is -0.384. The van der Waals surface area contributed by atoms with E-state index < -0.39 is 22.6 Å². The largest absolute Gasteiger partial charge is 0.273 e. The van der Waals surface area contributed by atoms with Gasteiger partial charge in [-0.05, 0) is 35.4 Å². The molecular weight excluding hydrogens is 351 g/mol. The van der Waals surface area contributed by atoms with E-state index in [2.05, 4.69) is 0 Å². The molecule has 6 nitrogen and oxygen atoms in total. The van der Waals surface area contributed by atoms with Gasteiger partial charge in [0.15, 0.2) is 0 Å². The number of amides is 2. The second-order valence-electron chi connectivity index (χ2n) is 5.32. The fourth-order valence-electron chi connectivity index (χ4n) is 2.46. The van der Waals surface area contributed by atoms with E-state index in [1.165, 1.54) is 48.5 Å². The summed E-state index contributed by atoms with van der Waals surface area (Å²) in [4.78, 5) is 35.9. The molecule has 0 N–H and O–H groups in total. The van der Waals surface area contributed by atoms with Crippen molar-refractivity contribution in [1.29, 1.82) is 0 Å². The molecule has 0 aliphatic carbocycles. The summed E-state index contributed by atoms with van der Waals surface area (Å²) in [6.07, 6.45) is 0. The predicted molar refractivity (Wildman–Crippen MR) is 87.8 cm³/mol. The number of hydrogen-bond acceptors (Lipinski definition) is 4. The van der Waals surface area contributed by atoms with Crippen LogP contribution in [0.15, 0.2) is 53.6 Å². The third-order valence-electron chi connectivity index (χ3n) is 3.73. The average Bonchev–Trinajstić information content (AvgIpc) is 2.80. The standard InChI is InChI=1S/C17H10ClFN2O4/c18-15-14(11-3-7-13(8-4-11)21(24)25)16(22)20(17(15)23)9-10-1-5-12(19)6-2-10/h1-8H,9H2. The Morgan fingerprint density at radius 1 is 1.00 bits per heavy atom. The first-order chi connectivity index (χ1) is 11.9. The summed E-state index contributed by atoms with van der Waals surface area (Å²) in [5.74, 6) is -1.69. The number of benzene rings is 2. The van der Waals surface area contributed by atoms with Crippen LogP contribution in [0.1, 0.15) is 11.1 Å². The van der Waals surface area contributed by atoms with E-state index in [1.54, 1.807) is 0 Å². The van der Waals surface area contributed by atoms with Crippen LogP contribution in [0.5, 0.6) is 0 Å². The number of hydrogen-bond donors (Lipinski definition) is 0. The Bertz CT molecular complexity index is 907. The maximum Gasteiger partial charge on any atom is 0.273 e. The Hall–Kier alpha value is -3.06. The molecule has 0 unspecified atom stereocenters. The number of carbonyl (C=O) groups is 2. The second kappa shape index (κ2) is 6.45. The van der Waals surface area contributed by atoms with Crippen LogP contribution in [0.2, 0.25) is 0 Å². The molecule has 0 aromatic heterocycles. The molecule has 126 valence electrons. The average molecular weight is 361 g/mol. The van der Waals surface area contributed by atoms with Gasteiger partial charge in [0, 0.05) is 12.1 Å². The molecule has 25 heavy (non-hydrogen) atoms. The number of halogens is 2. The Balaban J connectivity index is 1.88. The van der Waals surface area contributed by atoms with Crippen LogP contribution in [0, 0.1) is 15.9 Å². The number of nitro groups is 1. The van der Waals surface area contributed by atoms with Crippen molar-refractivity contribution >= 4 is 34.7 Å². The molecule has 0 saturated heterocycles. The quantitative estimate of drug-likeness (QED) is 0.476. The van der Waals surface area contributed by atoms with Gasteiger partial charge in [-0.15, -0.1) is 0 Å². The van der Waals surface area contributed by atoms with Gasteiger partial charge in [0.05, 0.1) is 17.0 Å². The lowest BCUT2D eigenvalue weighted by atomic mass is 10.1. The zero-order valence-electron chi connectivity index (χ0n) is 12.6. The summed E-state index contributed by atoms with van der Waals surface area (Å²) in [6, 6.07) is 10.6. The van der Waals surface area contributed by atoms with E-state index in [1.807, 2.05) is 0 Å². The van der Waals surface area contributed by atoms with E-state index in [-0.39, 0.29) is 22.8 Å². The minimum Gasteiger partial charge on any atom is -0.269 e. The van der Waals surface area contributed by atoms with E-state index in [4.69, 9.17) is 11.6 Å². The maximum atomic E-state index is 13.0. The molecule has 1 heterocycles. The van der Waals surface area contributed by atoms with Crippen LogP contribution in [-0.2, 0) is 16.1 Å². The van der Waals surface area contributed by atoms with Crippen molar-refractivity contribution in [2.75, 3.05) is 0 Å². The van der Waals surface area contributed by atoms with Crippen molar-refractivity contribution in [3.8, 4) is 0 Å². The van der Waals surface area contributed by atoms with Gasteiger partial charge in [0.1, 0.15) is 10.8 Å². The topological polar surface area (TPSA) is 80.5 Å². The summed E-state index contributed by atoms with van der Waals surface area (Å²) < 4.78 is 13.0. The molecule has 2 aromatic carbocycles. The molecule has 0 spiro atoms. The van der Waals surface area contributed by atoms with Crippen LogP contribution in [0.4, 0.5) is 10.1 Å². The van der Waals surface area contributed by atoms with Crippen molar-refractivity contribution in [3.05, 3.63) is 80.6 Å². The van der Waals surface area contributed by atoms with Gasteiger partial charge in [0.2, 0.25) is 0 Å². The minimum absolute atomic E-state index is 0.0105. The number of rotatable bonds is 4. The smallest absolute Gasteiger partial charge is 0.269 e. The number of non-ortho nitro benzene ring substituents is 1. The first kappa shape index (κ1) is 16.8. The Morgan fingerprint density at radius 2 is 1.60 bits per heavy atom. The minimum atomic E-state index is -0.663. The van der Waals surface area contributed by atoms with Crippen LogP contribution < -0.4 is 0 Å². The summed E-state index contributed by atoms with van der Waals surface area (Å²) in [7, 11) is 0. The summed E-state index contributed by atoms with van der Waals surface area (Å²) in [5.41, 5.74) is 0.733. The number of imide groups is 1. The van der Waals surface area contributed by atoms with E-state index in [0.717, 1.165) is 4.90 Å². The molecule has 2 aromatic rings. The first-order valence-electron chi connectivity index (χ1n) is 7.13. The molecular formula is C17H10ClFN2O4. The number of carbonyl (C=O) groups excluding carboxylic acids is 2.